The molecule has 0 saturated heterocycles. The van der Waals surface area contributed by atoms with Gasteiger partial charge < -0.3 is 0 Å². The Bertz CT molecular complexity index is 4590. The van der Waals surface area contributed by atoms with Crippen molar-refractivity contribution in [2.45, 2.75) is 166 Å². The summed E-state index contributed by atoms with van der Waals surface area (Å²) in [7, 11) is 9.97. The molecule has 0 aliphatic heterocycles. The van der Waals surface area contributed by atoms with Gasteiger partial charge in [0.15, 0.2) is 31.0 Å². The molecule has 0 spiro atoms. The first-order chi connectivity index (χ1) is 46.4. The van der Waals surface area contributed by atoms with Crippen LogP contribution >= 0.6 is 0 Å². The first kappa shape index (κ1) is 53.8. The molecule has 10 aromatic rings. The van der Waals surface area contributed by atoms with Gasteiger partial charge in [0.1, 0.15) is 35.2 Å². The van der Waals surface area contributed by atoms with Gasteiger partial charge in [0, 0.05) is 91.3 Å². The molecule has 10 rings (SSSR count). The van der Waals surface area contributed by atoms with E-state index in [1.165, 1.54) is 112 Å². The second-order valence-corrected chi connectivity index (χ2v) is 25.4. The molecule has 0 aliphatic rings. The summed E-state index contributed by atoms with van der Waals surface area (Å²) in [6.07, 6.45) is 9.88. The van der Waals surface area contributed by atoms with Gasteiger partial charge in [-0.25, -0.2) is 22.8 Å². The largest absolute Gasteiger partial charge is 0.213 e. The van der Waals surface area contributed by atoms with Gasteiger partial charge in [-0.2, -0.15) is 0 Å². The van der Waals surface area contributed by atoms with Gasteiger partial charge in [-0.05, 0) is 279 Å². The van der Waals surface area contributed by atoms with Crippen molar-refractivity contribution in [1.29, 1.82) is 0 Å². The summed E-state index contributed by atoms with van der Waals surface area (Å²) in [5.74, 6) is 0. The van der Waals surface area contributed by atoms with Crippen LogP contribution in [0.25, 0.3) is 56.3 Å². The highest BCUT2D eigenvalue weighted by Crippen LogP contribution is 2.31. The van der Waals surface area contributed by atoms with Gasteiger partial charge in [0.25, 0.3) is 0 Å². The van der Waals surface area contributed by atoms with Crippen molar-refractivity contribution >= 4 is 0 Å². The lowest BCUT2D eigenvalue weighted by Gasteiger charge is -2.11. The third kappa shape index (κ3) is 16.8. The summed E-state index contributed by atoms with van der Waals surface area (Å²) in [5, 5.41) is 0. The molecular formula is C84H108N5+5. The number of pyridine rings is 5. The number of hydrogen-bond acceptors (Lipinski definition) is 0. The second-order valence-electron chi connectivity index (χ2n) is 25.4. The molecule has 0 aliphatic carbocycles. The van der Waals surface area contributed by atoms with E-state index in [9.17, 15) is 0 Å². The van der Waals surface area contributed by atoms with Crippen LogP contribution in [0.2, 0.25) is 0 Å². The van der Waals surface area contributed by atoms with Gasteiger partial charge in [0.05, 0.1) is 11.1 Å². The predicted octanol–water partition coefficient (Wildman–Crippen LogP) is 18.3. The van der Waals surface area contributed by atoms with Crippen LogP contribution in [0.4, 0.5) is 0 Å². The van der Waals surface area contributed by atoms with E-state index in [1.807, 2.05) is 39.0 Å². The van der Waals surface area contributed by atoms with Crippen LogP contribution in [-0.4, -0.2) is 0 Å². The molecular weight excluding hydrogens is 1080 g/mol. The van der Waals surface area contributed by atoms with E-state index in [0.29, 0.717) is 38.9 Å². The zero-order valence-corrected chi connectivity index (χ0v) is 58.4. The lowest BCUT2D eigenvalue weighted by atomic mass is 9.95. The number of rotatable bonds is 5. The summed E-state index contributed by atoms with van der Waals surface area (Å²) in [5.41, 5.74) is 36.3. The average Bonchev–Trinajstić information content (AvgIpc) is 0.757. The van der Waals surface area contributed by atoms with Crippen molar-refractivity contribution in [3.05, 3.63) is 262 Å². The maximum atomic E-state index is 7.62. The van der Waals surface area contributed by atoms with E-state index in [4.69, 9.17) is 16.4 Å². The first-order valence-electron chi connectivity index (χ1n) is 36.8. The molecule has 5 aromatic carbocycles. The third-order valence-corrected chi connectivity index (χ3v) is 17.8. The molecule has 5 nitrogen and oxygen atoms in total. The Balaban J connectivity index is 0.000000200. The van der Waals surface area contributed by atoms with Crippen LogP contribution < -0.4 is 22.8 Å². The Morgan fingerprint density at radius 1 is 0.225 bits per heavy atom. The molecule has 0 amide bonds. The van der Waals surface area contributed by atoms with Crippen LogP contribution in [0.15, 0.2) is 128 Å². The smallest absolute Gasteiger partial charge is 0.201 e. The molecule has 0 N–H and O–H groups in total. The lowest BCUT2D eigenvalue weighted by Crippen LogP contribution is -2.31. The standard InChI is InChI=1S/4C17H22N.C16H20N/c2*1-11-7-14(4)16(8-12(11)2)17-9-13(3)15(5)10-18(17)6;2*1-11-7-13(3)17(14(4)8-11)16-9-12(2)15(5)10-18(16)6;1-11-7-6-8-15(14(11)4)16-9-12(2)13(3)10-17(16)5/h4*7-10H,1-6H3;6-10H,1-5H3/q5*+1/i1D3,5D3;;1D3,5D3;;. The van der Waals surface area contributed by atoms with Gasteiger partial charge in [0.2, 0.25) is 28.5 Å². The normalized spacial score (nSPS) is 13.3. The van der Waals surface area contributed by atoms with E-state index in [0.717, 1.165) is 39.2 Å². The third-order valence-electron chi connectivity index (χ3n) is 17.8. The zero-order chi connectivity index (χ0) is 76.4. The van der Waals surface area contributed by atoms with Crippen LogP contribution in [0.5, 0.6) is 0 Å². The molecule has 0 bridgehead atoms. The van der Waals surface area contributed by atoms with Crippen LogP contribution in [-0.2, 0) is 35.2 Å². The SMILES string of the molecule is Cc1cc(-c2cccc(C)c2C)[n+](C)cc1C.Cc1cc(C)c(-c2cc(C)c(C)c[n+]2C)c(C)c1.Cc1cc(C)c(-c2cc(C)c(C)c[n+]2C)cc1C.[2H]C([2H])([2H])c1cc(C)c(-c2cc(C)c(C([2H])([2H])[2H])c[n+]2C)c(C)c1.[2H]C([2H])([2H])c1cc(C)c(-c2cc(C)c(C([2H])([2H])[2H])c[n+]2C)cc1C. The van der Waals surface area contributed by atoms with E-state index in [2.05, 4.69) is 211 Å². The molecule has 5 heterocycles. The molecule has 0 unspecified atom stereocenters. The molecule has 0 radical (unpaired) electrons. The molecule has 0 saturated carbocycles. The van der Waals surface area contributed by atoms with Crippen molar-refractivity contribution in [2.24, 2.45) is 35.2 Å². The maximum Gasteiger partial charge on any atom is 0.213 e. The fourth-order valence-electron chi connectivity index (χ4n) is 11.8. The molecule has 89 heavy (non-hydrogen) atoms. The summed E-state index contributed by atoms with van der Waals surface area (Å²) in [4.78, 5) is 0. The highest BCUT2D eigenvalue weighted by Gasteiger charge is 2.21. The lowest BCUT2D eigenvalue weighted by molar-refractivity contribution is -0.660. The van der Waals surface area contributed by atoms with Crippen molar-refractivity contribution in [2.75, 3.05) is 0 Å². The number of aromatic nitrogens is 5. The molecule has 5 heteroatoms. The fraction of sp³-hybridized carbons (Fsp3) is 0.345. The highest BCUT2D eigenvalue weighted by molar-refractivity contribution is 5.69. The minimum atomic E-state index is -2.16. The van der Waals surface area contributed by atoms with Crippen LogP contribution in [0.3, 0.4) is 0 Å². The fourth-order valence-corrected chi connectivity index (χ4v) is 11.8. The van der Waals surface area contributed by atoms with Crippen molar-refractivity contribution < 1.29 is 39.3 Å². The zero-order valence-electron chi connectivity index (χ0n) is 70.4. The predicted molar refractivity (Wildman–Crippen MR) is 379 cm³/mol. The first-order valence-corrected chi connectivity index (χ1v) is 30.8. The second kappa shape index (κ2) is 29.4. The summed E-state index contributed by atoms with van der Waals surface area (Å²) < 4.78 is 102. The minimum Gasteiger partial charge on any atom is -0.201 e. The minimum absolute atomic E-state index is 0.319. The van der Waals surface area contributed by atoms with Gasteiger partial charge >= 0.3 is 0 Å². The van der Waals surface area contributed by atoms with Crippen molar-refractivity contribution in [3.63, 3.8) is 0 Å². The number of nitrogens with zero attached hydrogens (tertiary/aromatic N) is 5. The maximum absolute atomic E-state index is 7.62. The van der Waals surface area contributed by atoms with Gasteiger partial charge in [-0.15, -0.1) is 0 Å². The molecule has 464 valence electrons. The summed E-state index contributed by atoms with van der Waals surface area (Å²) in [6.45, 7) is 32.8. The quantitative estimate of drug-likeness (QED) is 0.153. The van der Waals surface area contributed by atoms with E-state index in [1.54, 1.807) is 74.6 Å². The molecule has 5 aromatic heterocycles. The van der Waals surface area contributed by atoms with Gasteiger partial charge in [-0.3, -0.25) is 0 Å². The Hall–Kier alpha value is -8.15. The van der Waals surface area contributed by atoms with Gasteiger partial charge in [-0.1, -0.05) is 59.7 Å². The number of benzene rings is 5. The number of aryl methyl sites for hydroxylation is 28. The molecule has 0 fully saturated rings. The van der Waals surface area contributed by atoms with Crippen molar-refractivity contribution in [1.82, 2.24) is 0 Å². The van der Waals surface area contributed by atoms with Crippen LogP contribution in [0, 0.1) is 166 Å². The summed E-state index contributed by atoms with van der Waals surface area (Å²) >= 11 is 0. The Labute approximate surface area is 556 Å². The average molecular weight is 1200 g/mol. The summed E-state index contributed by atoms with van der Waals surface area (Å²) in [6, 6.07) is 33.1. The highest BCUT2D eigenvalue weighted by atomic mass is 14.9. The van der Waals surface area contributed by atoms with Crippen LogP contribution in [0.1, 0.15) is 150 Å². The van der Waals surface area contributed by atoms with E-state index >= 15 is 0 Å². The number of hydrogen-bond donors (Lipinski definition) is 0. The monoisotopic (exact) mass is 1200 g/mol. The topological polar surface area (TPSA) is 19.4 Å². The van der Waals surface area contributed by atoms with E-state index in [-0.39, 0.29) is 0 Å². The Morgan fingerprint density at radius 3 is 0.899 bits per heavy atom. The Morgan fingerprint density at radius 2 is 0.517 bits per heavy atom. The Kier molecular flexibility index (Phi) is 17.8. The molecule has 0 atom stereocenters. The van der Waals surface area contributed by atoms with Crippen molar-refractivity contribution in [3.8, 4) is 56.3 Å². The van der Waals surface area contributed by atoms with E-state index < -0.39 is 27.4 Å².